The summed E-state index contributed by atoms with van der Waals surface area (Å²) in [6.07, 6.45) is 3.41. The Morgan fingerprint density at radius 3 is 2.48 bits per heavy atom. The molecule has 1 rings (SSSR count). The molecule has 0 saturated carbocycles. The molecule has 1 N–H and O–H groups in total. The highest BCUT2D eigenvalue weighted by Crippen LogP contribution is 2.22. The van der Waals surface area contributed by atoms with Crippen LogP contribution in [0.2, 0.25) is 0 Å². The van der Waals surface area contributed by atoms with E-state index in [1.165, 1.54) is 0 Å². The van der Waals surface area contributed by atoms with E-state index in [9.17, 15) is 5.11 Å². The van der Waals surface area contributed by atoms with Gasteiger partial charge in [-0.25, -0.2) is 0 Å². The number of hydrogen-bond acceptors (Lipinski definition) is 4. The first-order valence-electron chi connectivity index (χ1n) is 6.83. The lowest BCUT2D eigenvalue weighted by Crippen LogP contribution is -1.93. The van der Waals surface area contributed by atoms with E-state index in [-0.39, 0.29) is 5.76 Å². The van der Waals surface area contributed by atoms with Gasteiger partial charge >= 0.3 is 0 Å². The fourth-order valence-corrected chi connectivity index (χ4v) is 1.79. The Morgan fingerprint density at radius 1 is 1.29 bits per heavy atom. The second kappa shape index (κ2) is 8.97. The predicted molar refractivity (Wildman–Crippen MR) is 87.0 cm³/mol. The van der Waals surface area contributed by atoms with Crippen LogP contribution in [0.25, 0.3) is 5.70 Å². The van der Waals surface area contributed by atoms with Crippen LogP contribution in [-0.2, 0) is 4.74 Å². The fourth-order valence-electron chi connectivity index (χ4n) is 1.79. The summed E-state index contributed by atoms with van der Waals surface area (Å²) in [6.45, 7) is 6.27. The van der Waals surface area contributed by atoms with Crippen molar-refractivity contribution in [1.82, 2.24) is 0 Å². The van der Waals surface area contributed by atoms with Crippen LogP contribution in [0.1, 0.15) is 25.3 Å². The lowest BCUT2D eigenvalue weighted by molar-refractivity contribution is 0.195. The van der Waals surface area contributed by atoms with E-state index >= 15 is 0 Å². The highest BCUT2D eigenvalue weighted by atomic mass is 16.5. The van der Waals surface area contributed by atoms with Crippen molar-refractivity contribution in [2.24, 2.45) is 4.99 Å². The number of aliphatic imine (C=N–C) groups is 1. The zero-order chi connectivity index (χ0) is 15.7. The third-order valence-corrected chi connectivity index (χ3v) is 2.93. The SMILES string of the molecule is C=C(/C=N\C(=C(/C)O)c1ccc(OC)cc1)CCCOC. The van der Waals surface area contributed by atoms with Crippen molar-refractivity contribution in [3.05, 3.63) is 47.7 Å². The van der Waals surface area contributed by atoms with Crippen molar-refractivity contribution in [2.45, 2.75) is 19.8 Å². The number of benzene rings is 1. The maximum absolute atomic E-state index is 9.80. The molecule has 0 spiro atoms. The minimum absolute atomic E-state index is 0.168. The molecule has 21 heavy (non-hydrogen) atoms. The van der Waals surface area contributed by atoms with E-state index in [2.05, 4.69) is 11.6 Å². The van der Waals surface area contributed by atoms with Gasteiger partial charge in [0, 0.05) is 25.5 Å². The van der Waals surface area contributed by atoms with Crippen LogP contribution in [0.3, 0.4) is 0 Å². The second-order valence-electron chi connectivity index (χ2n) is 4.68. The van der Waals surface area contributed by atoms with Crippen LogP contribution in [0.15, 0.2) is 47.2 Å². The molecule has 4 heteroatoms. The fraction of sp³-hybridized carbons (Fsp3) is 0.353. The monoisotopic (exact) mass is 289 g/mol. The van der Waals surface area contributed by atoms with Gasteiger partial charge in [0.2, 0.25) is 0 Å². The zero-order valence-electron chi connectivity index (χ0n) is 12.9. The lowest BCUT2D eigenvalue weighted by atomic mass is 10.1. The van der Waals surface area contributed by atoms with Gasteiger partial charge in [0.15, 0.2) is 0 Å². The quantitative estimate of drug-likeness (QED) is 0.447. The van der Waals surface area contributed by atoms with Crippen molar-refractivity contribution in [3.8, 4) is 5.75 Å². The standard InChI is InChI=1S/C17H23NO3/c1-13(6-5-11-20-3)12-18-17(14(2)19)15-7-9-16(21-4)10-8-15/h7-10,12,19H,1,5-6,11H2,2-4H3/b17-14+,18-12-. The van der Waals surface area contributed by atoms with Gasteiger partial charge in [0.05, 0.1) is 7.11 Å². The average molecular weight is 289 g/mol. The normalized spacial score (nSPS) is 12.3. The third-order valence-electron chi connectivity index (χ3n) is 2.93. The summed E-state index contributed by atoms with van der Waals surface area (Å²) in [5, 5.41) is 9.80. The van der Waals surface area contributed by atoms with E-state index in [0.29, 0.717) is 12.3 Å². The first-order valence-corrected chi connectivity index (χ1v) is 6.83. The molecule has 0 saturated heterocycles. The molecular weight excluding hydrogens is 266 g/mol. The molecule has 1 aromatic carbocycles. The molecule has 0 aromatic heterocycles. The van der Waals surface area contributed by atoms with Gasteiger partial charge in [-0.15, -0.1) is 0 Å². The minimum atomic E-state index is 0.168. The van der Waals surface area contributed by atoms with Gasteiger partial charge in [-0.2, -0.15) is 0 Å². The Morgan fingerprint density at radius 2 is 1.95 bits per heavy atom. The highest BCUT2D eigenvalue weighted by Gasteiger charge is 2.04. The molecular formula is C17H23NO3. The molecule has 1 aromatic rings. The predicted octanol–water partition coefficient (Wildman–Crippen LogP) is 4.00. The Kier molecular flexibility index (Phi) is 7.26. The number of aliphatic hydroxyl groups excluding tert-OH is 1. The number of hydrogen-bond donors (Lipinski definition) is 1. The topological polar surface area (TPSA) is 51.1 Å². The first-order chi connectivity index (χ1) is 10.1. The van der Waals surface area contributed by atoms with Crippen LogP contribution >= 0.6 is 0 Å². The zero-order valence-corrected chi connectivity index (χ0v) is 12.9. The van der Waals surface area contributed by atoms with Gasteiger partial charge in [-0.1, -0.05) is 6.58 Å². The Bertz CT molecular complexity index is 511. The summed E-state index contributed by atoms with van der Waals surface area (Å²) in [5.41, 5.74) is 2.27. The summed E-state index contributed by atoms with van der Waals surface area (Å²) >= 11 is 0. The van der Waals surface area contributed by atoms with Gasteiger partial charge in [0.25, 0.3) is 0 Å². The van der Waals surface area contributed by atoms with E-state index in [1.54, 1.807) is 27.4 Å². The molecule has 0 atom stereocenters. The van der Waals surface area contributed by atoms with Gasteiger partial charge < -0.3 is 14.6 Å². The Labute approximate surface area is 126 Å². The molecule has 0 heterocycles. The molecule has 0 amide bonds. The molecule has 0 fully saturated rings. The lowest BCUT2D eigenvalue weighted by Gasteiger charge is -2.06. The van der Waals surface area contributed by atoms with Crippen LogP contribution < -0.4 is 4.74 Å². The minimum Gasteiger partial charge on any atom is -0.510 e. The number of nitrogens with zero attached hydrogens (tertiary/aromatic N) is 1. The van der Waals surface area contributed by atoms with Crippen molar-refractivity contribution in [2.75, 3.05) is 20.8 Å². The molecule has 0 radical (unpaired) electrons. The third kappa shape index (κ3) is 5.83. The number of ether oxygens (including phenoxy) is 2. The largest absolute Gasteiger partial charge is 0.510 e. The number of rotatable bonds is 8. The van der Waals surface area contributed by atoms with Crippen molar-refractivity contribution in [1.29, 1.82) is 0 Å². The van der Waals surface area contributed by atoms with E-state index in [1.807, 2.05) is 24.3 Å². The van der Waals surface area contributed by atoms with Crippen molar-refractivity contribution in [3.63, 3.8) is 0 Å². The highest BCUT2D eigenvalue weighted by molar-refractivity contribution is 5.84. The summed E-state index contributed by atoms with van der Waals surface area (Å²) in [5.74, 6) is 0.933. The molecule has 0 aliphatic rings. The van der Waals surface area contributed by atoms with Gasteiger partial charge in [0.1, 0.15) is 17.2 Å². The maximum atomic E-state index is 9.80. The first kappa shape index (κ1) is 17.0. The van der Waals surface area contributed by atoms with E-state index in [4.69, 9.17) is 9.47 Å². The molecule has 0 unspecified atom stereocenters. The van der Waals surface area contributed by atoms with Crippen LogP contribution in [-0.4, -0.2) is 32.1 Å². The van der Waals surface area contributed by atoms with Crippen LogP contribution in [0, 0.1) is 0 Å². The maximum Gasteiger partial charge on any atom is 0.118 e. The van der Waals surface area contributed by atoms with E-state index in [0.717, 1.165) is 29.7 Å². The number of methoxy groups -OCH3 is 2. The average Bonchev–Trinajstić information content (AvgIpc) is 2.48. The smallest absolute Gasteiger partial charge is 0.118 e. The van der Waals surface area contributed by atoms with E-state index < -0.39 is 0 Å². The van der Waals surface area contributed by atoms with Crippen LogP contribution in [0.4, 0.5) is 0 Å². The molecule has 4 nitrogen and oxygen atoms in total. The summed E-state index contributed by atoms with van der Waals surface area (Å²) < 4.78 is 10.1. The van der Waals surface area contributed by atoms with Crippen molar-refractivity contribution < 1.29 is 14.6 Å². The number of aliphatic hydroxyl groups is 1. The molecule has 114 valence electrons. The summed E-state index contributed by atoms with van der Waals surface area (Å²) in [6, 6.07) is 7.39. The second-order valence-corrected chi connectivity index (χ2v) is 4.68. The van der Waals surface area contributed by atoms with Gasteiger partial charge in [-0.3, -0.25) is 4.99 Å². The van der Waals surface area contributed by atoms with Crippen LogP contribution in [0.5, 0.6) is 5.75 Å². The Balaban J connectivity index is 2.79. The Hall–Kier alpha value is -2.07. The number of allylic oxidation sites excluding steroid dienone is 2. The molecule has 0 bridgehead atoms. The summed E-state index contributed by atoms with van der Waals surface area (Å²) in [4.78, 5) is 4.35. The molecule has 0 aliphatic carbocycles. The van der Waals surface area contributed by atoms with Crippen molar-refractivity contribution >= 4 is 11.9 Å². The summed E-state index contributed by atoms with van der Waals surface area (Å²) in [7, 11) is 3.29. The molecule has 0 aliphatic heterocycles. The van der Waals surface area contributed by atoms with Gasteiger partial charge in [-0.05, 0) is 49.6 Å².